The van der Waals surface area contributed by atoms with Gasteiger partial charge < -0.3 is 15.2 Å². The van der Waals surface area contributed by atoms with E-state index < -0.39 is 0 Å². The monoisotopic (exact) mass is 345 g/mol. The third-order valence-corrected chi connectivity index (χ3v) is 3.64. The van der Waals surface area contributed by atoms with Crippen LogP contribution in [-0.2, 0) is 0 Å². The van der Waals surface area contributed by atoms with E-state index in [9.17, 15) is 4.79 Å². The van der Waals surface area contributed by atoms with Crippen molar-refractivity contribution < 1.29 is 4.52 Å². The van der Waals surface area contributed by atoms with Crippen LogP contribution in [0.1, 0.15) is 5.69 Å². The summed E-state index contributed by atoms with van der Waals surface area (Å²) in [5.41, 5.74) is 8.85. The maximum atomic E-state index is 12.1. The minimum absolute atomic E-state index is 0.129. The molecule has 0 aliphatic rings. The minimum Gasteiger partial charge on any atom is -0.367 e. The number of anilines is 1. The second kappa shape index (κ2) is 5.21. The molecule has 21 heavy (non-hydrogen) atoms. The molecule has 0 aliphatic carbocycles. The zero-order valence-electron chi connectivity index (χ0n) is 11.2. The number of aromatic amines is 1. The third kappa shape index (κ3) is 2.50. The maximum Gasteiger partial charge on any atom is 0.230 e. The van der Waals surface area contributed by atoms with Gasteiger partial charge in [-0.1, -0.05) is 33.2 Å². The van der Waals surface area contributed by atoms with Crippen LogP contribution in [0.2, 0.25) is 0 Å². The van der Waals surface area contributed by atoms with Crippen LogP contribution < -0.4 is 11.2 Å². The van der Waals surface area contributed by atoms with Gasteiger partial charge in [-0.2, -0.15) is 0 Å². The van der Waals surface area contributed by atoms with Gasteiger partial charge in [0.25, 0.3) is 0 Å². The van der Waals surface area contributed by atoms with E-state index in [2.05, 4.69) is 26.1 Å². The van der Waals surface area contributed by atoms with Gasteiger partial charge in [-0.15, -0.1) is 0 Å². The molecule has 3 aromatic rings. The van der Waals surface area contributed by atoms with Gasteiger partial charge in [0.2, 0.25) is 5.88 Å². The van der Waals surface area contributed by atoms with Crippen molar-refractivity contribution in [2.45, 2.75) is 6.92 Å². The molecular formula is C15H12BrN3O2. The van der Waals surface area contributed by atoms with Crippen molar-refractivity contribution in [3.05, 3.63) is 56.9 Å². The van der Waals surface area contributed by atoms with E-state index in [0.717, 1.165) is 15.7 Å². The lowest BCUT2D eigenvalue weighted by molar-refractivity contribution is 0.439. The Morgan fingerprint density at radius 2 is 2.14 bits per heavy atom. The van der Waals surface area contributed by atoms with Gasteiger partial charge >= 0.3 is 0 Å². The molecule has 0 amide bonds. The minimum atomic E-state index is -0.129. The first-order valence-corrected chi connectivity index (χ1v) is 7.06. The van der Waals surface area contributed by atoms with Gasteiger partial charge in [-0.3, -0.25) is 4.79 Å². The lowest BCUT2D eigenvalue weighted by atomic mass is 10.0. The highest BCUT2D eigenvalue weighted by atomic mass is 79.9. The first-order chi connectivity index (χ1) is 10.1. The molecule has 0 radical (unpaired) electrons. The highest BCUT2D eigenvalue weighted by molar-refractivity contribution is 9.10. The van der Waals surface area contributed by atoms with Crippen LogP contribution in [0.4, 0.5) is 5.88 Å². The molecule has 0 spiro atoms. The number of halogens is 1. The summed E-state index contributed by atoms with van der Waals surface area (Å²) in [7, 11) is 0. The van der Waals surface area contributed by atoms with Crippen molar-refractivity contribution >= 4 is 21.8 Å². The summed E-state index contributed by atoms with van der Waals surface area (Å²) in [6.07, 6.45) is 1.62. The summed E-state index contributed by atoms with van der Waals surface area (Å²) >= 11 is 3.42. The second-order valence-corrected chi connectivity index (χ2v) is 5.59. The molecule has 0 aliphatic heterocycles. The average molecular weight is 346 g/mol. The molecular weight excluding hydrogens is 334 g/mol. The van der Waals surface area contributed by atoms with E-state index in [4.69, 9.17) is 10.3 Å². The lowest BCUT2D eigenvalue weighted by Gasteiger charge is -2.03. The van der Waals surface area contributed by atoms with Crippen molar-refractivity contribution in [3.8, 4) is 22.4 Å². The van der Waals surface area contributed by atoms with Gasteiger partial charge in [0, 0.05) is 22.4 Å². The number of H-pyrrole nitrogens is 1. The predicted molar refractivity (Wildman–Crippen MR) is 84.8 cm³/mol. The molecule has 0 bridgehead atoms. The van der Waals surface area contributed by atoms with Crippen molar-refractivity contribution in [2.75, 3.05) is 5.73 Å². The molecule has 2 aromatic heterocycles. The topological polar surface area (TPSA) is 84.9 Å². The van der Waals surface area contributed by atoms with E-state index in [1.54, 1.807) is 6.20 Å². The van der Waals surface area contributed by atoms with Gasteiger partial charge in [-0.05, 0) is 24.6 Å². The molecule has 5 nitrogen and oxygen atoms in total. The van der Waals surface area contributed by atoms with E-state index in [-0.39, 0.29) is 11.3 Å². The molecule has 106 valence electrons. The van der Waals surface area contributed by atoms with Crippen LogP contribution in [0.3, 0.4) is 0 Å². The number of nitrogen functional groups attached to an aromatic ring is 1. The third-order valence-electron chi connectivity index (χ3n) is 3.14. The summed E-state index contributed by atoms with van der Waals surface area (Å²) in [6, 6.07) is 9.10. The SMILES string of the molecule is Cc1cc(=O)c(-c2noc(N)c2-c2cccc(Br)c2)c[nH]1. The Bertz CT molecular complexity index is 867. The first-order valence-electron chi connectivity index (χ1n) is 6.27. The van der Waals surface area contributed by atoms with Crippen LogP contribution in [0.15, 0.2) is 50.3 Å². The molecule has 0 unspecified atom stereocenters. The summed E-state index contributed by atoms with van der Waals surface area (Å²) in [5.74, 6) is 0.183. The molecule has 0 saturated heterocycles. The van der Waals surface area contributed by atoms with Gasteiger partial charge in [0.05, 0.1) is 11.1 Å². The number of rotatable bonds is 2. The van der Waals surface area contributed by atoms with Gasteiger partial charge in [-0.25, -0.2) is 0 Å². The quantitative estimate of drug-likeness (QED) is 0.745. The number of aryl methyl sites for hydroxylation is 1. The van der Waals surface area contributed by atoms with Crippen LogP contribution in [-0.4, -0.2) is 10.1 Å². The van der Waals surface area contributed by atoms with Crippen molar-refractivity contribution in [1.29, 1.82) is 0 Å². The molecule has 1 aromatic carbocycles. The molecule has 2 heterocycles. The molecule has 3 rings (SSSR count). The predicted octanol–water partition coefficient (Wildman–Crippen LogP) is 3.35. The molecule has 0 saturated carbocycles. The zero-order chi connectivity index (χ0) is 15.0. The summed E-state index contributed by atoms with van der Waals surface area (Å²) < 4.78 is 6.00. The number of nitrogens with one attached hydrogen (secondary N) is 1. The van der Waals surface area contributed by atoms with Gasteiger partial charge in [0.15, 0.2) is 5.43 Å². The number of nitrogens with zero attached hydrogens (tertiary/aromatic N) is 1. The normalized spacial score (nSPS) is 10.8. The Balaban J connectivity index is 2.24. The van der Waals surface area contributed by atoms with Crippen molar-refractivity contribution in [3.63, 3.8) is 0 Å². The first kappa shape index (κ1) is 13.6. The number of hydrogen-bond acceptors (Lipinski definition) is 4. The second-order valence-electron chi connectivity index (χ2n) is 4.67. The van der Waals surface area contributed by atoms with Crippen molar-refractivity contribution in [1.82, 2.24) is 10.1 Å². The molecule has 0 atom stereocenters. The van der Waals surface area contributed by atoms with E-state index in [1.165, 1.54) is 6.07 Å². The highest BCUT2D eigenvalue weighted by Crippen LogP contribution is 2.35. The number of nitrogens with two attached hydrogens (primary N) is 1. The lowest BCUT2D eigenvalue weighted by Crippen LogP contribution is -2.06. The van der Waals surface area contributed by atoms with Crippen LogP contribution in [0, 0.1) is 6.92 Å². The summed E-state index contributed by atoms with van der Waals surface area (Å²) in [5, 5.41) is 3.95. The fraction of sp³-hybridized carbons (Fsp3) is 0.0667. The highest BCUT2D eigenvalue weighted by Gasteiger charge is 2.19. The maximum absolute atomic E-state index is 12.1. The Morgan fingerprint density at radius 3 is 2.86 bits per heavy atom. The molecule has 3 N–H and O–H groups in total. The van der Waals surface area contributed by atoms with Gasteiger partial charge in [0.1, 0.15) is 5.69 Å². The Morgan fingerprint density at radius 1 is 1.33 bits per heavy atom. The van der Waals surface area contributed by atoms with E-state index in [1.807, 2.05) is 31.2 Å². The smallest absolute Gasteiger partial charge is 0.230 e. The largest absolute Gasteiger partial charge is 0.367 e. The van der Waals surface area contributed by atoms with Crippen molar-refractivity contribution in [2.24, 2.45) is 0 Å². The Labute approximate surface area is 128 Å². The average Bonchev–Trinajstić information content (AvgIpc) is 2.80. The van der Waals surface area contributed by atoms with E-state index >= 15 is 0 Å². The number of aromatic nitrogens is 2. The number of hydrogen-bond donors (Lipinski definition) is 2. The number of benzene rings is 1. The number of pyridine rings is 1. The Hall–Kier alpha value is -2.34. The van der Waals surface area contributed by atoms with E-state index in [0.29, 0.717) is 16.8 Å². The molecule has 6 heteroatoms. The Kier molecular flexibility index (Phi) is 3.39. The van der Waals surface area contributed by atoms with Crippen LogP contribution in [0.5, 0.6) is 0 Å². The van der Waals surface area contributed by atoms with Crippen LogP contribution >= 0.6 is 15.9 Å². The zero-order valence-corrected chi connectivity index (χ0v) is 12.8. The standard InChI is InChI=1S/C15H12BrN3O2/c1-8-5-12(20)11(7-18-8)14-13(15(17)21-19-14)9-3-2-4-10(16)6-9/h2-7H,17H2,1H3,(H,18,20). The molecule has 0 fully saturated rings. The summed E-state index contributed by atoms with van der Waals surface area (Å²) in [6.45, 7) is 1.82. The fourth-order valence-electron chi connectivity index (χ4n) is 2.17. The summed E-state index contributed by atoms with van der Waals surface area (Å²) in [4.78, 5) is 15.2. The fourth-order valence-corrected chi connectivity index (χ4v) is 2.57. The van der Waals surface area contributed by atoms with Crippen LogP contribution in [0.25, 0.3) is 22.4 Å².